The third kappa shape index (κ3) is 2.07. The van der Waals surface area contributed by atoms with Gasteiger partial charge in [-0.2, -0.15) is 0 Å². The van der Waals surface area contributed by atoms with Crippen molar-refractivity contribution in [2.75, 3.05) is 4.90 Å². The molecule has 1 aliphatic carbocycles. The summed E-state index contributed by atoms with van der Waals surface area (Å²) < 4.78 is 13.7. The molecule has 1 aromatic rings. The Bertz CT molecular complexity index is 536. The molecular weight excluding hydrogens is 360 g/mol. The summed E-state index contributed by atoms with van der Waals surface area (Å²) >= 11 is 1.96. The number of hydrogen-bond donors (Lipinski definition) is 0. The summed E-state index contributed by atoms with van der Waals surface area (Å²) in [4.78, 5) is 26.1. The first-order chi connectivity index (χ1) is 9.09. The molecule has 1 aliphatic heterocycles. The van der Waals surface area contributed by atoms with Crippen LogP contribution in [-0.2, 0) is 9.59 Å². The Morgan fingerprint density at radius 3 is 2.21 bits per heavy atom. The first-order valence-electron chi connectivity index (χ1n) is 6.42. The first-order valence-corrected chi connectivity index (χ1v) is 7.50. The summed E-state index contributed by atoms with van der Waals surface area (Å²) in [7, 11) is 0. The fourth-order valence-electron chi connectivity index (χ4n) is 3.06. The van der Waals surface area contributed by atoms with Crippen molar-refractivity contribution in [3.8, 4) is 0 Å². The van der Waals surface area contributed by atoms with Crippen molar-refractivity contribution in [3.63, 3.8) is 0 Å². The van der Waals surface area contributed by atoms with Crippen LogP contribution in [0.15, 0.2) is 18.2 Å². The molecule has 5 heteroatoms. The predicted octanol–water partition coefficient (Wildman–Crippen LogP) is 3.11. The van der Waals surface area contributed by atoms with Gasteiger partial charge in [0, 0.05) is 3.57 Å². The predicted molar refractivity (Wildman–Crippen MR) is 77.1 cm³/mol. The molecule has 0 spiro atoms. The van der Waals surface area contributed by atoms with Crippen LogP contribution in [0, 0.1) is 21.2 Å². The normalized spacial score (nSPS) is 26.7. The smallest absolute Gasteiger partial charge is 0.237 e. The van der Waals surface area contributed by atoms with E-state index in [2.05, 4.69) is 0 Å². The van der Waals surface area contributed by atoms with Crippen LogP contribution in [0.25, 0.3) is 0 Å². The molecule has 1 saturated heterocycles. The molecule has 3 rings (SSSR count). The molecule has 2 atom stereocenters. The number of fused-ring (bicyclic) bond motifs is 1. The van der Waals surface area contributed by atoms with Crippen LogP contribution in [0.5, 0.6) is 0 Å². The molecule has 2 fully saturated rings. The second-order valence-corrected chi connectivity index (χ2v) is 6.27. The summed E-state index contributed by atoms with van der Waals surface area (Å²) in [5.74, 6) is -0.910. The molecule has 2 aliphatic rings. The zero-order chi connectivity index (χ0) is 13.6. The zero-order valence-corrected chi connectivity index (χ0v) is 12.4. The number of amides is 2. The highest BCUT2D eigenvalue weighted by Gasteiger charge is 2.49. The van der Waals surface area contributed by atoms with E-state index in [9.17, 15) is 14.0 Å². The van der Waals surface area contributed by atoms with E-state index in [1.54, 1.807) is 0 Å². The number of rotatable bonds is 1. The molecule has 2 amide bonds. The number of hydrogen-bond acceptors (Lipinski definition) is 2. The van der Waals surface area contributed by atoms with Crippen LogP contribution in [0.3, 0.4) is 0 Å². The zero-order valence-electron chi connectivity index (χ0n) is 10.2. The van der Waals surface area contributed by atoms with Crippen molar-refractivity contribution < 1.29 is 14.0 Å². The Kier molecular flexibility index (Phi) is 3.32. The van der Waals surface area contributed by atoms with Crippen molar-refractivity contribution >= 4 is 40.1 Å². The van der Waals surface area contributed by atoms with Crippen molar-refractivity contribution in [2.45, 2.75) is 25.7 Å². The Labute approximate surface area is 124 Å². The van der Waals surface area contributed by atoms with Crippen LogP contribution in [0.1, 0.15) is 25.7 Å². The van der Waals surface area contributed by atoms with Gasteiger partial charge in [0.25, 0.3) is 0 Å². The lowest BCUT2D eigenvalue weighted by molar-refractivity contribution is -0.122. The van der Waals surface area contributed by atoms with Gasteiger partial charge in [0.15, 0.2) is 0 Å². The molecule has 100 valence electrons. The van der Waals surface area contributed by atoms with Crippen molar-refractivity contribution in [3.05, 3.63) is 27.6 Å². The van der Waals surface area contributed by atoms with Crippen LogP contribution >= 0.6 is 22.6 Å². The van der Waals surface area contributed by atoms with Gasteiger partial charge in [-0.05, 0) is 53.6 Å². The molecule has 0 N–H and O–H groups in total. The number of imide groups is 1. The van der Waals surface area contributed by atoms with E-state index in [1.165, 1.54) is 23.1 Å². The maximum absolute atomic E-state index is 13.1. The van der Waals surface area contributed by atoms with Crippen LogP contribution < -0.4 is 4.90 Å². The number of nitrogens with zero attached hydrogens (tertiary/aromatic N) is 1. The van der Waals surface area contributed by atoms with Gasteiger partial charge in [0.05, 0.1) is 17.5 Å². The number of anilines is 1. The molecule has 1 heterocycles. The highest BCUT2D eigenvalue weighted by atomic mass is 127. The maximum atomic E-state index is 13.1. The summed E-state index contributed by atoms with van der Waals surface area (Å²) in [6.45, 7) is 0. The Hall–Kier alpha value is -0.980. The Morgan fingerprint density at radius 1 is 1.11 bits per heavy atom. The number of carbonyl (C=O) groups excluding carboxylic acids is 2. The second kappa shape index (κ2) is 4.85. The van der Waals surface area contributed by atoms with E-state index in [0.717, 1.165) is 25.7 Å². The summed E-state index contributed by atoms with van der Waals surface area (Å²) in [5.41, 5.74) is 0.520. The summed E-state index contributed by atoms with van der Waals surface area (Å²) in [6.07, 6.45) is 3.61. The fourth-order valence-corrected chi connectivity index (χ4v) is 3.78. The van der Waals surface area contributed by atoms with E-state index in [4.69, 9.17) is 0 Å². The lowest BCUT2D eigenvalue weighted by Gasteiger charge is -2.19. The molecule has 1 aromatic carbocycles. The molecule has 1 saturated carbocycles. The minimum Gasteiger partial charge on any atom is -0.274 e. The topological polar surface area (TPSA) is 37.4 Å². The highest BCUT2D eigenvalue weighted by Crippen LogP contribution is 2.41. The number of benzene rings is 1. The largest absolute Gasteiger partial charge is 0.274 e. The molecule has 0 bridgehead atoms. The molecule has 3 nitrogen and oxygen atoms in total. The van der Waals surface area contributed by atoms with Gasteiger partial charge in [0.2, 0.25) is 11.8 Å². The maximum Gasteiger partial charge on any atom is 0.237 e. The van der Waals surface area contributed by atoms with E-state index in [1.807, 2.05) is 22.6 Å². The Balaban J connectivity index is 2.00. The monoisotopic (exact) mass is 373 g/mol. The molecular formula is C14H13FINO2. The average molecular weight is 373 g/mol. The third-order valence-corrected chi connectivity index (χ3v) is 4.86. The lowest BCUT2D eigenvalue weighted by atomic mass is 9.81. The molecule has 19 heavy (non-hydrogen) atoms. The van der Waals surface area contributed by atoms with Gasteiger partial charge < -0.3 is 0 Å². The van der Waals surface area contributed by atoms with Crippen molar-refractivity contribution in [2.24, 2.45) is 11.8 Å². The minimum atomic E-state index is -0.357. The molecule has 0 aromatic heterocycles. The van der Waals surface area contributed by atoms with Crippen molar-refractivity contribution in [1.82, 2.24) is 0 Å². The standard InChI is InChI=1S/C14H13FINO2/c15-8-5-6-12(11(16)7-8)17-13(18)9-3-1-2-4-10(9)14(17)19/h5-7,9-10H,1-4H2. The van der Waals surface area contributed by atoms with E-state index in [0.29, 0.717) is 9.26 Å². The second-order valence-electron chi connectivity index (χ2n) is 5.11. The average Bonchev–Trinajstić information content (AvgIpc) is 2.64. The third-order valence-electron chi connectivity index (χ3n) is 3.99. The molecule has 2 unspecified atom stereocenters. The first kappa shape index (κ1) is 13.0. The van der Waals surface area contributed by atoms with Gasteiger partial charge in [-0.15, -0.1) is 0 Å². The molecule has 0 radical (unpaired) electrons. The van der Waals surface area contributed by atoms with Crippen LogP contribution in [-0.4, -0.2) is 11.8 Å². The van der Waals surface area contributed by atoms with Crippen LogP contribution in [0.4, 0.5) is 10.1 Å². The van der Waals surface area contributed by atoms with E-state index in [-0.39, 0.29) is 29.5 Å². The summed E-state index contributed by atoms with van der Waals surface area (Å²) in [5, 5.41) is 0. The lowest BCUT2D eigenvalue weighted by Crippen LogP contribution is -2.31. The van der Waals surface area contributed by atoms with Gasteiger partial charge in [-0.3, -0.25) is 9.59 Å². The quantitative estimate of drug-likeness (QED) is 0.561. The SMILES string of the molecule is O=C1C2CCCCC2C(=O)N1c1ccc(F)cc1I. The van der Waals surface area contributed by atoms with E-state index < -0.39 is 0 Å². The van der Waals surface area contributed by atoms with Crippen molar-refractivity contribution in [1.29, 1.82) is 0 Å². The van der Waals surface area contributed by atoms with Gasteiger partial charge in [0.1, 0.15) is 5.82 Å². The minimum absolute atomic E-state index is 0.112. The van der Waals surface area contributed by atoms with Gasteiger partial charge in [-0.1, -0.05) is 12.8 Å². The number of halogens is 2. The summed E-state index contributed by atoms with van der Waals surface area (Å²) in [6, 6.07) is 4.16. The Morgan fingerprint density at radius 2 is 1.68 bits per heavy atom. The fraction of sp³-hybridized carbons (Fsp3) is 0.429. The number of carbonyl (C=O) groups is 2. The van der Waals surface area contributed by atoms with Gasteiger partial charge in [-0.25, -0.2) is 9.29 Å². The van der Waals surface area contributed by atoms with Crippen LogP contribution in [0.2, 0.25) is 0 Å². The van der Waals surface area contributed by atoms with Gasteiger partial charge >= 0.3 is 0 Å². The highest BCUT2D eigenvalue weighted by molar-refractivity contribution is 14.1. The van der Waals surface area contributed by atoms with E-state index >= 15 is 0 Å².